The van der Waals surface area contributed by atoms with Gasteiger partial charge in [-0.2, -0.15) is 0 Å². The molecule has 136 heavy (non-hydrogen) atoms. The molecule has 10 saturated heterocycles. The van der Waals surface area contributed by atoms with E-state index in [-0.39, 0.29) is 25.9 Å². The lowest BCUT2D eigenvalue weighted by atomic mass is 9.97. The van der Waals surface area contributed by atoms with Gasteiger partial charge in [-0.1, -0.05) is 45.7 Å². The second kappa shape index (κ2) is 55.9. The minimum Gasteiger partial charge on any atom is -0.463 e. The van der Waals surface area contributed by atoms with Gasteiger partial charge in [0.1, 0.15) is 266 Å². The van der Waals surface area contributed by atoms with Gasteiger partial charge in [0.2, 0.25) is 0 Å². The summed E-state index contributed by atoms with van der Waals surface area (Å²) in [6, 6.07) is 0. The molecule has 20 unspecified atom stereocenters. The van der Waals surface area contributed by atoms with E-state index in [1.54, 1.807) is 34.6 Å². The molecule has 10 rings (SSSR count). The number of carbonyl (C=O) groups is 5. The smallest absolute Gasteiger partial charge is 0.318 e. The fourth-order valence-corrected chi connectivity index (χ4v) is 14.4. The largest absolute Gasteiger partial charge is 0.463 e. The standard InChI is InChI=1S/C17H26O11.C16H28O11.C15H25N3O11.C15H26O11.C14H24O12/c1-3-5-9(18)25-6-8-11(20)13(22)15(24)17(27-8)28-16-14(23)12(21)10(19)7(4-2)26-16;1-3-6-9(18)11(20)13(22)15(25-6)27-16-14(23)12(21)10(19)7(26-16)5-24-8(17)4-2;1-2-5-8(20)10(22)12(24)14(27-5)29-15-13(25)11(23)9(21)6(28-15)4-26-7(19)3-17-18-16;1-3-6-8(17)10(19)12(21)14(24-6)26-15-13(22)11(20)9(18)7(25-15)4-23-5(2)16;1-4(16)23-3-6-8(18)10(20)12(22)14(25-6)26-13-11(21)9(19)7(17)5(2-15)24-13/h1,7-8,10-17,19-24H,4-6H2,2H3;6-7,9-16,18-23H,3-5H2,1-2H3;5-6,8-15,20-25H,2-4H2,1H3;6-15,17-22H,3-4H2,1-2H3;5-15,17-22H,2-3H2,1H3/t7?,8?,10-,11-,12?,13+,14-,15?,16-,17-;6?,7?,9-,10-,11?,12+,13-,14?,15-,16-;5?,6?,8-,9-,10?,11+,12-,13?,14-,15-;6?,7?,8-,9-,10?,11+,12-,13?,14-,15-;5?,6?,7-,8-,9?,10+,11-,12?,13-,14-/m11111/s1. The first-order valence-electron chi connectivity index (χ1n) is 43.0. The molecule has 0 aromatic rings. The number of aliphatic hydroxyl groups is 31. The maximum absolute atomic E-state index is 11.4. The van der Waals surface area contributed by atoms with Gasteiger partial charge in [-0.05, 0) is 31.2 Å². The van der Waals surface area contributed by atoms with Crippen molar-refractivity contribution < 1.29 is 277 Å². The number of terminal acetylenes is 1. The normalized spacial score (nSPS) is 45.1. The minimum absolute atomic E-state index is 0.106. The van der Waals surface area contributed by atoms with Crippen LogP contribution in [0.15, 0.2) is 5.11 Å². The van der Waals surface area contributed by atoms with Crippen molar-refractivity contribution >= 4 is 29.8 Å². The Labute approximate surface area is 772 Å². The Morgan fingerprint density at radius 1 is 0.272 bits per heavy atom. The number of hydrogen-bond acceptors (Lipinski definition) is 57. The highest BCUT2D eigenvalue weighted by atomic mass is 16.8. The third-order valence-corrected chi connectivity index (χ3v) is 22.7. The molecule has 788 valence electrons. The maximum Gasteiger partial charge on any atom is 0.318 e. The molecule has 59 nitrogen and oxygen atoms in total. The average Bonchev–Trinajstić information content (AvgIpc) is 0.802. The van der Waals surface area contributed by atoms with Gasteiger partial charge < -0.3 is 253 Å². The van der Waals surface area contributed by atoms with Crippen molar-refractivity contribution in [1.29, 1.82) is 0 Å². The molecule has 31 N–H and O–H groups in total. The third-order valence-electron chi connectivity index (χ3n) is 22.7. The molecule has 0 aromatic heterocycles. The van der Waals surface area contributed by atoms with Gasteiger partial charge in [-0.3, -0.25) is 24.0 Å². The van der Waals surface area contributed by atoms with Gasteiger partial charge in [0, 0.05) is 25.2 Å². The summed E-state index contributed by atoms with van der Waals surface area (Å²) < 4.78 is 104. The second-order valence-corrected chi connectivity index (χ2v) is 32.4. The Morgan fingerprint density at radius 2 is 0.449 bits per heavy atom. The number of azide groups is 1. The minimum atomic E-state index is -1.76. The summed E-state index contributed by atoms with van der Waals surface area (Å²) in [5.74, 6) is -1.40. The van der Waals surface area contributed by atoms with Crippen molar-refractivity contribution in [2.75, 3.05) is 46.2 Å². The predicted molar refractivity (Wildman–Crippen MR) is 424 cm³/mol. The number of aliphatic hydroxyl groups excluding tert-OH is 31. The van der Waals surface area contributed by atoms with E-state index in [1.165, 1.54) is 0 Å². The van der Waals surface area contributed by atoms with Gasteiger partial charge in [-0.15, -0.1) is 6.42 Å². The van der Waals surface area contributed by atoms with E-state index in [0.29, 0.717) is 19.3 Å². The summed E-state index contributed by atoms with van der Waals surface area (Å²) in [6.07, 6.45) is -68.7. The Balaban J connectivity index is 0.000000261. The van der Waals surface area contributed by atoms with Crippen LogP contribution in [0.1, 0.15) is 87.0 Å². The van der Waals surface area contributed by atoms with Gasteiger partial charge in [0.15, 0.2) is 62.9 Å². The van der Waals surface area contributed by atoms with Crippen molar-refractivity contribution in [2.24, 2.45) is 5.11 Å². The first kappa shape index (κ1) is 119. The summed E-state index contributed by atoms with van der Waals surface area (Å²) >= 11 is 0. The molecule has 0 aliphatic carbocycles. The molecule has 0 spiro atoms. The predicted octanol–water partition coefficient (Wildman–Crippen LogP) is -17.8. The number of carbonyl (C=O) groups excluding carboxylic acids is 5. The topological polar surface area (TPSA) is 946 Å². The van der Waals surface area contributed by atoms with E-state index in [2.05, 4.69) is 15.9 Å². The highest BCUT2D eigenvalue weighted by Gasteiger charge is 2.57. The van der Waals surface area contributed by atoms with Gasteiger partial charge in [-0.25, -0.2) is 0 Å². The van der Waals surface area contributed by atoms with Crippen molar-refractivity contribution in [3.63, 3.8) is 0 Å². The van der Waals surface area contributed by atoms with E-state index >= 15 is 0 Å². The fourth-order valence-electron chi connectivity index (χ4n) is 14.4. The van der Waals surface area contributed by atoms with Crippen LogP contribution in [0.3, 0.4) is 0 Å². The average molecular weight is 1990 g/mol. The first-order chi connectivity index (χ1) is 63.9. The Hall–Kier alpha value is -5.62. The molecule has 59 heteroatoms. The van der Waals surface area contributed by atoms with Crippen molar-refractivity contribution in [2.45, 2.75) is 394 Å². The van der Waals surface area contributed by atoms with Crippen molar-refractivity contribution in [3.8, 4) is 12.3 Å². The number of ether oxygens (including phenoxy) is 20. The van der Waals surface area contributed by atoms with E-state index in [4.69, 9.17) is 112 Å². The molecule has 0 radical (unpaired) electrons. The lowest BCUT2D eigenvalue weighted by Gasteiger charge is -2.44. The molecule has 0 aromatic carbocycles. The zero-order chi connectivity index (χ0) is 102. The molecular formula is C77H129N3O56. The van der Waals surface area contributed by atoms with E-state index in [0.717, 1.165) is 13.8 Å². The van der Waals surface area contributed by atoms with Crippen molar-refractivity contribution in [1.82, 2.24) is 0 Å². The second-order valence-electron chi connectivity index (χ2n) is 32.4. The highest BCUT2D eigenvalue weighted by Crippen LogP contribution is 2.37. The first-order valence-corrected chi connectivity index (χ1v) is 43.0. The molecule has 10 heterocycles. The quantitative estimate of drug-likeness (QED) is 0.00826. The van der Waals surface area contributed by atoms with Crippen LogP contribution in [0.4, 0.5) is 0 Å². The summed E-state index contributed by atoms with van der Waals surface area (Å²) in [6.45, 7) is 7.07. The van der Waals surface area contributed by atoms with Gasteiger partial charge in [0.25, 0.3) is 0 Å². The molecule has 10 aliphatic heterocycles. The molecule has 0 saturated carbocycles. The zero-order valence-electron chi connectivity index (χ0n) is 74.0. The van der Waals surface area contributed by atoms with Gasteiger partial charge >= 0.3 is 29.8 Å². The van der Waals surface area contributed by atoms with Crippen molar-refractivity contribution in [3.05, 3.63) is 10.4 Å². The van der Waals surface area contributed by atoms with Crippen LogP contribution in [0.5, 0.6) is 0 Å². The lowest BCUT2D eigenvalue weighted by molar-refractivity contribution is -0.376. The van der Waals surface area contributed by atoms with Crippen LogP contribution >= 0.6 is 0 Å². The van der Waals surface area contributed by atoms with E-state index in [1.807, 2.05) is 0 Å². The van der Waals surface area contributed by atoms with Gasteiger partial charge in [0.05, 0.1) is 31.0 Å². The Morgan fingerprint density at radius 3 is 0.632 bits per heavy atom. The fraction of sp³-hybridized carbons (Fsp3) is 0.909. The number of esters is 5. The molecule has 0 amide bonds. The van der Waals surface area contributed by atoms with Crippen LogP contribution in [-0.4, -0.2) is 541 Å². The Kier molecular flexibility index (Phi) is 48.9. The molecular weight excluding hydrogens is 1860 g/mol. The summed E-state index contributed by atoms with van der Waals surface area (Å²) in [5.41, 5.74) is 8.16. The lowest BCUT2D eigenvalue weighted by Crippen LogP contribution is -2.63. The Bertz CT molecular complexity index is 3570. The van der Waals surface area contributed by atoms with Crippen LogP contribution in [0.25, 0.3) is 10.4 Å². The van der Waals surface area contributed by atoms with E-state index in [9.17, 15) is 177 Å². The highest BCUT2D eigenvalue weighted by molar-refractivity contribution is 5.72. The number of rotatable bonds is 29. The number of nitrogens with zero attached hydrogens (tertiary/aromatic N) is 3. The summed E-state index contributed by atoms with van der Waals surface area (Å²) in [7, 11) is 0. The van der Waals surface area contributed by atoms with Crippen LogP contribution < -0.4 is 0 Å². The maximum atomic E-state index is 11.4. The van der Waals surface area contributed by atoms with E-state index < -0.39 is 376 Å². The molecule has 10 fully saturated rings. The van der Waals surface area contributed by atoms with Crippen LogP contribution in [-0.2, 0) is 119 Å². The van der Waals surface area contributed by atoms with Crippen LogP contribution in [0.2, 0.25) is 0 Å². The summed E-state index contributed by atoms with van der Waals surface area (Å²) in [5, 5.41) is 311. The molecule has 10 aliphatic rings. The number of hydrogen-bond donors (Lipinski definition) is 31. The molecule has 50 atom stereocenters. The SMILES string of the molecule is C#CCC(=O)OCC1O[C@H](O[C@H]2OC(CC)[C@@H](O)C(O)[C@H]2O)C(O)[C@@H](O)[C@@H]1O.CC(=O)OCC1O[C@H](O[C@H]2OC(CO)[C@@H](O)C(O)[C@H]2O)C(O)[C@@H](O)[C@@H]1O.CCC(=O)OCC1O[C@H](O[C@H]2OC(CC)[C@@H](O)C(O)[C@H]2O)C(O)[C@@H](O)[C@@H]1O.CCC1O[C@H](O[C@H]2OC(COC(=O)CN=[N+]=[N-])[C@@H](O)[C@H](O)C2O)[C@H](O)C(O)[C@@H]1O.CCC1O[C@H](O[C@H]2OC(COC(C)=O)[C@@H](O)[C@H](O)C2O)[C@H](O)C(O)[C@@H]1O. The molecule has 0 bridgehead atoms. The third kappa shape index (κ3) is 31.2. The summed E-state index contributed by atoms with van der Waals surface area (Å²) in [4.78, 5) is 58.2. The zero-order valence-corrected chi connectivity index (χ0v) is 74.0. The monoisotopic (exact) mass is 1990 g/mol. The van der Waals surface area contributed by atoms with Crippen LogP contribution in [0, 0.1) is 12.3 Å².